The average Bonchev–Trinajstić information content (AvgIpc) is 3.11. The number of phenolic OH excluding ortho intramolecular Hbond substituents is 4. The Hall–Kier alpha value is -4.46. The Balaban J connectivity index is 1.84. The lowest BCUT2D eigenvalue weighted by Crippen LogP contribution is -2.04. The van der Waals surface area contributed by atoms with E-state index >= 15 is 0 Å². The van der Waals surface area contributed by atoms with Crippen LogP contribution < -0.4 is 5.63 Å². The molecule has 0 atom stereocenters. The van der Waals surface area contributed by atoms with Crippen LogP contribution in [0.15, 0.2) is 56.1 Å². The number of hydrogen-bond donors (Lipinski definition) is 4. The first kappa shape index (κ1) is 19.8. The van der Waals surface area contributed by atoms with E-state index in [1.807, 2.05) is 0 Å². The van der Waals surface area contributed by atoms with Crippen LogP contribution >= 0.6 is 0 Å². The number of furan rings is 1. The van der Waals surface area contributed by atoms with E-state index in [2.05, 4.69) is 0 Å². The second kappa shape index (κ2) is 7.42. The van der Waals surface area contributed by atoms with Gasteiger partial charge in [0, 0.05) is 11.6 Å². The Bertz CT molecular complexity index is 1420. The van der Waals surface area contributed by atoms with Gasteiger partial charge in [0.25, 0.3) is 0 Å². The molecule has 8 heteroatoms. The van der Waals surface area contributed by atoms with Gasteiger partial charge in [-0.1, -0.05) is 12.1 Å². The molecule has 0 radical (unpaired) electrons. The van der Waals surface area contributed by atoms with Crippen molar-refractivity contribution in [3.05, 3.63) is 69.8 Å². The van der Waals surface area contributed by atoms with Crippen molar-refractivity contribution in [1.82, 2.24) is 0 Å². The van der Waals surface area contributed by atoms with Crippen LogP contribution in [0.3, 0.4) is 0 Å². The molecule has 4 aromatic rings. The third kappa shape index (κ3) is 3.62. The van der Waals surface area contributed by atoms with Crippen LogP contribution in [-0.2, 0) is 0 Å². The summed E-state index contributed by atoms with van der Waals surface area (Å²) in [6.45, 7) is 1.28. The molecule has 0 aliphatic heterocycles. The molecular weight excluding hydrogens is 404 g/mol. The van der Waals surface area contributed by atoms with Crippen LogP contribution in [0.2, 0.25) is 0 Å². The molecule has 0 aliphatic carbocycles. The van der Waals surface area contributed by atoms with Crippen molar-refractivity contribution in [2.45, 2.75) is 6.92 Å². The van der Waals surface area contributed by atoms with Gasteiger partial charge < -0.3 is 29.3 Å². The highest BCUT2D eigenvalue weighted by Gasteiger charge is 2.24. The second-order valence-corrected chi connectivity index (χ2v) is 6.82. The molecule has 0 bridgehead atoms. The summed E-state index contributed by atoms with van der Waals surface area (Å²) in [6.07, 6.45) is 3.02. The highest BCUT2D eigenvalue weighted by molar-refractivity contribution is 6.11. The summed E-state index contributed by atoms with van der Waals surface area (Å²) >= 11 is 0. The number of ketones is 1. The fourth-order valence-corrected chi connectivity index (χ4v) is 3.18. The van der Waals surface area contributed by atoms with E-state index in [-0.39, 0.29) is 45.3 Å². The van der Waals surface area contributed by atoms with Gasteiger partial charge in [-0.15, -0.1) is 0 Å². The molecule has 2 heterocycles. The molecule has 0 aliphatic rings. The molecule has 4 N–H and O–H groups in total. The molecule has 2 aromatic heterocycles. The predicted molar refractivity (Wildman–Crippen MR) is 112 cm³/mol. The molecule has 156 valence electrons. The minimum atomic E-state index is -0.783. The molecule has 0 unspecified atom stereocenters. The van der Waals surface area contributed by atoms with E-state index < -0.39 is 17.2 Å². The van der Waals surface area contributed by atoms with Crippen molar-refractivity contribution >= 4 is 28.9 Å². The first-order valence-corrected chi connectivity index (χ1v) is 9.08. The number of Topliss-reactive ketones (excluding diaryl/α,β-unsaturated/α-hetero) is 1. The molecule has 0 amide bonds. The lowest BCUT2D eigenvalue weighted by atomic mass is 10.0. The molecule has 0 fully saturated rings. The zero-order valence-electron chi connectivity index (χ0n) is 16.1. The second-order valence-electron chi connectivity index (χ2n) is 6.82. The summed E-state index contributed by atoms with van der Waals surface area (Å²) in [4.78, 5) is 24.9. The lowest BCUT2D eigenvalue weighted by Gasteiger charge is -2.02. The number of carbonyl (C=O) groups excluding carboxylic acids is 1. The SMILES string of the molecule is CC(=O)c1c(-c2ccc(O)c(O)c2)oc2cc(/C=C/c3ccc(O)c(O)c3)oc(=O)c12. The summed E-state index contributed by atoms with van der Waals surface area (Å²) in [5.41, 5.74) is 0.175. The molecule has 0 spiro atoms. The Morgan fingerprint density at radius 1 is 0.839 bits per heavy atom. The smallest absolute Gasteiger partial charge is 0.348 e. The number of benzene rings is 2. The van der Waals surface area contributed by atoms with Gasteiger partial charge in [0.15, 0.2) is 28.8 Å². The highest BCUT2D eigenvalue weighted by atomic mass is 16.4. The van der Waals surface area contributed by atoms with E-state index in [0.717, 1.165) is 0 Å². The first-order valence-electron chi connectivity index (χ1n) is 9.08. The van der Waals surface area contributed by atoms with E-state index in [4.69, 9.17) is 8.83 Å². The molecule has 0 saturated carbocycles. The summed E-state index contributed by atoms with van der Waals surface area (Å²) in [5, 5.41) is 38.2. The van der Waals surface area contributed by atoms with Crippen LogP contribution in [0, 0.1) is 0 Å². The fraction of sp³-hybridized carbons (Fsp3) is 0.0435. The van der Waals surface area contributed by atoms with Crippen LogP contribution in [0.4, 0.5) is 0 Å². The van der Waals surface area contributed by atoms with Gasteiger partial charge in [-0.3, -0.25) is 4.79 Å². The molecule has 31 heavy (non-hydrogen) atoms. The number of hydrogen-bond acceptors (Lipinski definition) is 8. The van der Waals surface area contributed by atoms with Crippen molar-refractivity contribution < 1.29 is 34.1 Å². The maximum absolute atomic E-state index is 12.6. The van der Waals surface area contributed by atoms with E-state index in [0.29, 0.717) is 11.1 Å². The van der Waals surface area contributed by atoms with Gasteiger partial charge in [0.2, 0.25) is 0 Å². The normalized spacial score (nSPS) is 11.4. The van der Waals surface area contributed by atoms with Gasteiger partial charge in [0.1, 0.15) is 22.5 Å². The zero-order chi connectivity index (χ0) is 22.3. The summed E-state index contributed by atoms with van der Waals surface area (Å²) in [7, 11) is 0. The largest absolute Gasteiger partial charge is 0.504 e. The van der Waals surface area contributed by atoms with Crippen LogP contribution in [0.25, 0.3) is 34.4 Å². The summed E-state index contributed by atoms with van der Waals surface area (Å²) in [5.74, 6) is -1.53. The zero-order valence-corrected chi connectivity index (χ0v) is 16.1. The van der Waals surface area contributed by atoms with Crippen LogP contribution in [-0.4, -0.2) is 26.2 Å². The Morgan fingerprint density at radius 3 is 2.16 bits per heavy atom. The van der Waals surface area contributed by atoms with Gasteiger partial charge in [-0.25, -0.2) is 4.79 Å². The van der Waals surface area contributed by atoms with Gasteiger partial charge >= 0.3 is 5.63 Å². The first-order chi connectivity index (χ1) is 14.7. The molecule has 8 nitrogen and oxygen atoms in total. The Morgan fingerprint density at radius 2 is 1.52 bits per heavy atom. The number of rotatable bonds is 4. The van der Waals surface area contributed by atoms with E-state index in [1.165, 1.54) is 49.4 Å². The monoisotopic (exact) mass is 420 g/mol. The van der Waals surface area contributed by atoms with Crippen molar-refractivity contribution in [1.29, 1.82) is 0 Å². The highest BCUT2D eigenvalue weighted by Crippen LogP contribution is 2.37. The van der Waals surface area contributed by atoms with Gasteiger partial charge in [0.05, 0.1) is 5.56 Å². The minimum Gasteiger partial charge on any atom is -0.504 e. The Kier molecular flexibility index (Phi) is 4.75. The molecule has 2 aromatic carbocycles. The maximum Gasteiger partial charge on any atom is 0.348 e. The van der Waals surface area contributed by atoms with E-state index in [1.54, 1.807) is 12.1 Å². The topological polar surface area (TPSA) is 141 Å². The molecule has 4 rings (SSSR count). The summed E-state index contributed by atoms with van der Waals surface area (Å²) in [6, 6.07) is 9.55. The predicted octanol–water partition coefficient (Wildman–Crippen LogP) is 4.25. The number of phenols is 4. The molecule has 0 saturated heterocycles. The fourth-order valence-electron chi connectivity index (χ4n) is 3.18. The molecular formula is C23H16O8. The van der Waals surface area contributed by atoms with Gasteiger partial charge in [-0.2, -0.15) is 0 Å². The maximum atomic E-state index is 12.6. The van der Waals surface area contributed by atoms with E-state index in [9.17, 15) is 30.0 Å². The van der Waals surface area contributed by atoms with Crippen LogP contribution in [0.5, 0.6) is 23.0 Å². The standard InChI is InChI=1S/C23H16O8/c1-11(24)20-21-19(31-22(20)13-4-7-16(26)18(28)9-13)10-14(30-23(21)29)5-2-12-3-6-15(25)17(27)8-12/h2-10,25-28H,1H3/b5-2+. The number of aromatic hydroxyl groups is 4. The summed E-state index contributed by atoms with van der Waals surface area (Å²) < 4.78 is 11.1. The third-order valence-corrected chi connectivity index (χ3v) is 4.65. The lowest BCUT2D eigenvalue weighted by molar-refractivity contribution is 0.101. The minimum absolute atomic E-state index is 0.00725. The van der Waals surface area contributed by atoms with Crippen molar-refractivity contribution in [2.24, 2.45) is 0 Å². The quantitative estimate of drug-likeness (QED) is 0.284. The average molecular weight is 420 g/mol. The number of fused-ring (bicyclic) bond motifs is 1. The van der Waals surface area contributed by atoms with Crippen LogP contribution in [0.1, 0.15) is 28.6 Å². The van der Waals surface area contributed by atoms with Crippen molar-refractivity contribution in [3.63, 3.8) is 0 Å². The van der Waals surface area contributed by atoms with Crippen molar-refractivity contribution in [2.75, 3.05) is 0 Å². The number of carbonyl (C=O) groups is 1. The Labute approximate surface area is 174 Å². The van der Waals surface area contributed by atoms with Crippen molar-refractivity contribution in [3.8, 4) is 34.3 Å². The third-order valence-electron chi connectivity index (χ3n) is 4.65. The van der Waals surface area contributed by atoms with Gasteiger partial charge in [-0.05, 0) is 48.9 Å².